The number of ketones is 1. The highest BCUT2D eigenvalue weighted by Gasteiger charge is 2.17. The molecule has 0 aromatic heterocycles. The van der Waals surface area contributed by atoms with Crippen LogP contribution in [0.25, 0.3) is 0 Å². The van der Waals surface area contributed by atoms with E-state index in [9.17, 15) is 15.0 Å². The maximum absolute atomic E-state index is 12.2. The van der Waals surface area contributed by atoms with Crippen molar-refractivity contribution in [3.8, 4) is 11.5 Å². The maximum atomic E-state index is 12.2. The number of rotatable bonds is 4. The molecule has 0 heterocycles. The molecule has 0 bridgehead atoms. The van der Waals surface area contributed by atoms with Crippen LogP contribution in [0.4, 0.5) is 5.69 Å². The quantitative estimate of drug-likeness (QED) is 0.155. The third kappa shape index (κ3) is 4.70. The number of phenolic OH excluding ortho intramolecular Hbond substituents is 2. The van der Waals surface area contributed by atoms with E-state index in [4.69, 9.17) is 34.9 Å². The number of anilines is 1. The molecule has 0 saturated carbocycles. The molecule has 7 nitrogen and oxygen atoms in total. The Morgan fingerprint density at radius 1 is 1.16 bits per heavy atom. The van der Waals surface area contributed by atoms with Gasteiger partial charge in [0.2, 0.25) is 5.17 Å². The number of hydrazine groups is 1. The summed E-state index contributed by atoms with van der Waals surface area (Å²) in [4.78, 5) is 12.2. The van der Waals surface area contributed by atoms with E-state index in [1.54, 1.807) is 12.1 Å². The molecule has 0 aliphatic carbocycles. The lowest BCUT2D eigenvalue weighted by Crippen LogP contribution is -2.37. The number of carbonyl (C=O) groups is 1. The molecule has 0 unspecified atom stereocenters. The van der Waals surface area contributed by atoms with Crippen LogP contribution in [0.3, 0.4) is 0 Å². The number of amidine groups is 1. The third-order valence-electron chi connectivity index (χ3n) is 3.12. The van der Waals surface area contributed by atoms with Gasteiger partial charge in [-0.25, -0.2) is 5.84 Å². The lowest BCUT2D eigenvalue weighted by molar-refractivity contribution is 0.102. The molecular formula is C15H14Cl2N4O3S. The lowest BCUT2D eigenvalue weighted by atomic mass is 10.1. The molecule has 0 spiro atoms. The van der Waals surface area contributed by atoms with E-state index < -0.39 is 0 Å². The first-order valence-corrected chi connectivity index (χ1v) is 8.53. The van der Waals surface area contributed by atoms with E-state index in [2.05, 4.69) is 5.10 Å². The predicted octanol–water partition coefficient (Wildman–Crippen LogP) is 2.93. The summed E-state index contributed by atoms with van der Waals surface area (Å²) in [5.41, 5.74) is 0.643. The van der Waals surface area contributed by atoms with Gasteiger partial charge in [-0.15, -0.1) is 0 Å². The number of nitrogens with zero attached hydrogens (tertiary/aromatic N) is 2. The average Bonchev–Trinajstić information content (AvgIpc) is 2.57. The minimum Gasteiger partial charge on any atom is -0.504 e. The second-order valence-electron chi connectivity index (χ2n) is 4.79. The number of halogens is 2. The van der Waals surface area contributed by atoms with Crippen LogP contribution in [0.15, 0.2) is 41.5 Å². The standard InChI is InChI=1S/C15H14Cl2N4O3S/c16-9-2-3-11(10(17)6-9)21(19)15(20-18)25-7-14(24)8-1-4-12(22)13(23)5-8/h1-6,22-23H,7,18-19H2/b20-15+. The molecule has 10 heteroatoms. The van der Waals surface area contributed by atoms with E-state index in [0.29, 0.717) is 15.7 Å². The van der Waals surface area contributed by atoms with Gasteiger partial charge in [0.05, 0.1) is 16.5 Å². The van der Waals surface area contributed by atoms with Gasteiger partial charge in [-0.2, -0.15) is 5.10 Å². The number of carbonyl (C=O) groups excluding carboxylic acids is 1. The largest absolute Gasteiger partial charge is 0.504 e. The fraction of sp³-hybridized carbons (Fsp3) is 0.0667. The van der Waals surface area contributed by atoms with Crippen molar-refractivity contribution in [3.05, 3.63) is 52.0 Å². The highest BCUT2D eigenvalue weighted by Crippen LogP contribution is 2.29. The summed E-state index contributed by atoms with van der Waals surface area (Å²) < 4.78 is 0. The van der Waals surface area contributed by atoms with Crippen LogP contribution in [-0.4, -0.2) is 26.9 Å². The van der Waals surface area contributed by atoms with Gasteiger partial charge in [0.1, 0.15) is 0 Å². The molecule has 2 aromatic carbocycles. The minimum absolute atomic E-state index is 0.0425. The molecule has 0 aliphatic heterocycles. The molecule has 0 atom stereocenters. The van der Waals surface area contributed by atoms with Gasteiger partial charge >= 0.3 is 0 Å². The summed E-state index contributed by atoms with van der Waals surface area (Å²) in [6, 6.07) is 8.51. The third-order valence-corrected chi connectivity index (χ3v) is 4.62. The van der Waals surface area contributed by atoms with E-state index in [1.165, 1.54) is 24.3 Å². The van der Waals surface area contributed by atoms with Crippen molar-refractivity contribution in [1.82, 2.24) is 0 Å². The SMILES string of the molecule is N/N=C(/SCC(=O)c1ccc(O)c(O)c1)N(N)c1ccc(Cl)cc1Cl. The number of hydrogen-bond acceptors (Lipinski definition) is 7. The predicted molar refractivity (Wildman–Crippen MR) is 101 cm³/mol. The summed E-state index contributed by atoms with van der Waals surface area (Å²) >= 11 is 12.9. The number of phenols is 2. The Morgan fingerprint density at radius 3 is 2.48 bits per heavy atom. The summed E-state index contributed by atoms with van der Waals surface area (Å²) in [5.74, 6) is 10.3. The van der Waals surface area contributed by atoms with E-state index >= 15 is 0 Å². The van der Waals surface area contributed by atoms with Gasteiger partial charge in [-0.1, -0.05) is 35.0 Å². The Kier molecular flexibility index (Phi) is 6.38. The van der Waals surface area contributed by atoms with E-state index in [0.717, 1.165) is 16.8 Å². The Morgan fingerprint density at radius 2 is 1.88 bits per heavy atom. The van der Waals surface area contributed by atoms with Crippen LogP contribution >= 0.6 is 35.0 Å². The van der Waals surface area contributed by atoms with Crippen LogP contribution in [0.2, 0.25) is 10.0 Å². The summed E-state index contributed by atoms with van der Waals surface area (Å²) in [6.45, 7) is 0. The molecule has 2 aromatic rings. The van der Waals surface area contributed by atoms with Crippen LogP contribution in [0.1, 0.15) is 10.4 Å². The maximum Gasteiger partial charge on any atom is 0.201 e. The average molecular weight is 401 g/mol. The zero-order chi connectivity index (χ0) is 18.6. The fourth-order valence-corrected chi connectivity index (χ4v) is 3.10. The number of benzene rings is 2. The normalized spacial score (nSPS) is 11.4. The number of Topliss-reactive ketones (excluding diaryl/α,β-unsaturated/α-hetero) is 1. The number of hydrogen-bond donors (Lipinski definition) is 4. The molecule has 0 amide bonds. The minimum atomic E-state index is -0.378. The molecule has 0 radical (unpaired) electrons. The summed E-state index contributed by atoms with van der Waals surface area (Å²) in [5, 5.41) is 24.3. The molecule has 0 fully saturated rings. The number of hydrazone groups is 1. The molecule has 0 aliphatic rings. The van der Waals surface area contributed by atoms with E-state index in [1.807, 2.05) is 0 Å². The fourth-order valence-electron chi connectivity index (χ4n) is 1.86. The number of thioether (sulfide) groups is 1. The Hall–Kier alpha value is -2.13. The topological polar surface area (TPSA) is 125 Å². The molecule has 6 N–H and O–H groups in total. The Balaban J connectivity index is 2.09. The second-order valence-corrected chi connectivity index (χ2v) is 6.58. The second kappa shape index (κ2) is 8.30. The highest BCUT2D eigenvalue weighted by molar-refractivity contribution is 8.14. The van der Waals surface area contributed by atoms with Gasteiger partial charge in [0, 0.05) is 10.6 Å². The zero-order valence-electron chi connectivity index (χ0n) is 12.7. The molecule has 132 valence electrons. The molecular weight excluding hydrogens is 387 g/mol. The van der Waals surface area contributed by atoms with Crippen molar-refractivity contribution in [1.29, 1.82) is 0 Å². The van der Waals surface area contributed by atoms with Gasteiger partial charge in [-0.05, 0) is 36.4 Å². The van der Waals surface area contributed by atoms with Crippen LogP contribution < -0.4 is 16.7 Å². The van der Waals surface area contributed by atoms with Crippen molar-refractivity contribution in [2.45, 2.75) is 0 Å². The Bertz CT molecular complexity index is 832. The van der Waals surface area contributed by atoms with E-state index in [-0.39, 0.29) is 33.8 Å². The van der Waals surface area contributed by atoms with Gasteiger partial charge in [-0.3, -0.25) is 9.80 Å². The lowest BCUT2D eigenvalue weighted by Gasteiger charge is -2.20. The first kappa shape index (κ1) is 19.2. The van der Waals surface area contributed by atoms with Crippen LogP contribution in [0.5, 0.6) is 11.5 Å². The molecule has 25 heavy (non-hydrogen) atoms. The van der Waals surface area contributed by atoms with Crippen LogP contribution in [0, 0.1) is 0 Å². The number of nitrogens with two attached hydrogens (primary N) is 2. The summed E-state index contributed by atoms with van der Waals surface area (Å²) in [7, 11) is 0. The van der Waals surface area contributed by atoms with Gasteiger partial charge in [0.25, 0.3) is 0 Å². The first-order chi connectivity index (χ1) is 11.8. The smallest absolute Gasteiger partial charge is 0.201 e. The monoisotopic (exact) mass is 400 g/mol. The van der Waals surface area contributed by atoms with Crippen molar-refractivity contribution in [2.75, 3.05) is 10.8 Å². The van der Waals surface area contributed by atoms with Crippen LogP contribution in [-0.2, 0) is 0 Å². The molecule has 0 saturated heterocycles. The van der Waals surface area contributed by atoms with Gasteiger partial charge < -0.3 is 16.1 Å². The van der Waals surface area contributed by atoms with Gasteiger partial charge in [0.15, 0.2) is 17.3 Å². The zero-order valence-corrected chi connectivity index (χ0v) is 15.0. The highest BCUT2D eigenvalue weighted by atomic mass is 35.5. The Labute approximate surface area is 157 Å². The summed E-state index contributed by atoms with van der Waals surface area (Å²) in [6.07, 6.45) is 0. The first-order valence-electron chi connectivity index (χ1n) is 6.79. The number of aromatic hydroxyl groups is 2. The molecule has 2 rings (SSSR count). The van der Waals surface area contributed by atoms with Crippen molar-refractivity contribution in [2.24, 2.45) is 16.8 Å². The van der Waals surface area contributed by atoms with Crippen molar-refractivity contribution < 1.29 is 15.0 Å². The van der Waals surface area contributed by atoms with Crippen molar-refractivity contribution in [3.63, 3.8) is 0 Å². The van der Waals surface area contributed by atoms with Crippen molar-refractivity contribution >= 4 is 51.6 Å².